The summed E-state index contributed by atoms with van der Waals surface area (Å²) in [7, 11) is 0. The molecule has 10 heteroatoms. The Bertz CT molecular complexity index is 2300. The highest BCUT2D eigenvalue weighted by molar-refractivity contribution is 5.77. The van der Waals surface area contributed by atoms with Crippen LogP contribution in [0.15, 0.2) is 146 Å². The molecule has 0 bridgehead atoms. The van der Waals surface area contributed by atoms with Crippen molar-refractivity contribution in [1.82, 2.24) is 48.5 Å². The topological polar surface area (TPSA) is 95.4 Å². The fraction of sp³-hybridized carbons (Fsp3) is 0.143. The van der Waals surface area contributed by atoms with Gasteiger partial charge in [0, 0.05) is 18.6 Å². The number of hydrogen-bond donors (Lipinski definition) is 0. The Morgan fingerprint density at radius 1 is 0.365 bits per heavy atom. The van der Waals surface area contributed by atoms with Crippen molar-refractivity contribution in [3.63, 3.8) is 0 Å². The highest BCUT2D eigenvalue weighted by Gasteiger charge is 2.22. The van der Waals surface area contributed by atoms with Crippen LogP contribution in [0, 0.1) is 0 Å². The summed E-state index contributed by atoms with van der Waals surface area (Å²) in [6.45, 7) is 3.51. The Morgan fingerprint density at radius 2 is 0.673 bits per heavy atom. The van der Waals surface area contributed by atoms with E-state index < -0.39 is 0 Å². The number of para-hydroxylation sites is 6. The van der Waals surface area contributed by atoms with Crippen LogP contribution in [-0.4, -0.2) is 48.5 Å². The Kier molecular flexibility index (Phi) is 8.47. The fourth-order valence-electron chi connectivity index (χ4n) is 7.00. The minimum Gasteiger partial charge on any atom is -0.321 e. The second-order valence-electron chi connectivity index (χ2n) is 12.9. The van der Waals surface area contributed by atoms with E-state index in [0.717, 1.165) is 67.7 Å². The molecule has 0 saturated heterocycles. The van der Waals surface area contributed by atoms with Gasteiger partial charge in [0.25, 0.3) is 0 Å². The Balaban J connectivity index is 1.16. The van der Waals surface area contributed by atoms with Gasteiger partial charge in [-0.3, -0.25) is 19.9 Å². The molecule has 0 aliphatic rings. The van der Waals surface area contributed by atoms with Crippen LogP contribution in [0.1, 0.15) is 34.6 Å². The van der Waals surface area contributed by atoms with E-state index in [1.807, 2.05) is 73.2 Å². The van der Waals surface area contributed by atoms with Gasteiger partial charge in [-0.15, -0.1) is 0 Å². The number of aromatic nitrogens is 9. The smallest absolute Gasteiger partial charge is 0.124 e. The van der Waals surface area contributed by atoms with Crippen molar-refractivity contribution in [3.05, 3.63) is 181 Å². The van der Waals surface area contributed by atoms with Crippen molar-refractivity contribution in [3.8, 4) is 0 Å². The summed E-state index contributed by atoms with van der Waals surface area (Å²) >= 11 is 0. The zero-order chi connectivity index (χ0) is 34.7. The molecule has 0 N–H and O–H groups in total. The monoisotopic (exact) mass is 680 g/mol. The molecule has 254 valence electrons. The van der Waals surface area contributed by atoms with E-state index >= 15 is 0 Å². The lowest BCUT2D eigenvalue weighted by Gasteiger charge is -2.23. The first kappa shape index (κ1) is 31.5. The average Bonchev–Trinajstić information content (AvgIpc) is 3.83. The molecule has 6 heterocycles. The molecule has 0 fully saturated rings. The van der Waals surface area contributed by atoms with Gasteiger partial charge >= 0.3 is 0 Å². The molecule has 0 amide bonds. The van der Waals surface area contributed by atoms with Crippen LogP contribution in [0.4, 0.5) is 0 Å². The predicted octanol–water partition coefficient (Wildman–Crippen LogP) is 7.27. The van der Waals surface area contributed by atoms with Gasteiger partial charge in [0.05, 0.1) is 89.5 Å². The zero-order valence-electron chi connectivity index (χ0n) is 28.6. The van der Waals surface area contributed by atoms with Gasteiger partial charge in [0.2, 0.25) is 0 Å². The van der Waals surface area contributed by atoms with Gasteiger partial charge in [0.15, 0.2) is 0 Å². The summed E-state index contributed by atoms with van der Waals surface area (Å²) in [5.74, 6) is 2.85. The normalized spacial score (nSPS) is 11.7. The third kappa shape index (κ3) is 6.43. The summed E-state index contributed by atoms with van der Waals surface area (Å²) in [6, 6.07) is 43.1. The summed E-state index contributed by atoms with van der Waals surface area (Å²) in [6.07, 6.45) is 5.54. The Labute approximate surface area is 300 Å². The summed E-state index contributed by atoms with van der Waals surface area (Å²) in [5.41, 5.74) is 9.04. The second kappa shape index (κ2) is 14.0. The van der Waals surface area contributed by atoms with Gasteiger partial charge in [-0.1, -0.05) is 54.6 Å². The third-order valence-electron chi connectivity index (χ3n) is 9.43. The lowest BCUT2D eigenvalue weighted by Crippen LogP contribution is -2.28. The van der Waals surface area contributed by atoms with E-state index in [9.17, 15) is 0 Å². The van der Waals surface area contributed by atoms with Gasteiger partial charge in [0.1, 0.15) is 17.5 Å². The SMILES string of the molecule is c1ccc(Cn2c(CN(Cc3nc4ccccc4n3Cc3ccccn3)Cc3nc4ccccc4n3Cc3ccccn3)nc3ccccc32)nc1. The molecular weight excluding hydrogens is 645 g/mol. The lowest BCUT2D eigenvalue weighted by atomic mass is 10.3. The molecule has 0 atom stereocenters. The molecule has 0 saturated carbocycles. The first-order chi connectivity index (χ1) is 25.7. The van der Waals surface area contributed by atoms with E-state index in [1.165, 1.54) is 0 Å². The molecule has 0 aliphatic carbocycles. The van der Waals surface area contributed by atoms with E-state index in [-0.39, 0.29) is 0 Å². The number of nitrogens with zero attached hydrogens (tertiary/aromatic N) is 10. The van der Waals surface area contributed by atoms with Crippen molar-refractivity contribution in [2.45, 2.75) is 39.3 Å². The van der Waals surface area contributed by atoms with Crippen LogP contribution in [0.25, 0.3) is 33.1 Å². The summed E-state index contributed by atoms with van der Waals surface area (Å²) in [5, 5.41) is 0. The molecule has 0 radical (unpaired) electrons. The molecule has 10 nitrogen and oxygen atoms in total. The largest absolute Gasteiger partial charge is 0.321 e. The maximum Gasteiger partial charge on any atom is 0.124 e. The molecule has 9 rings (SSSR count). The number of pyridine rings is 3. The van der Waals surface area contributed by atoms with Gasteiger partial charge < -0.3 is 13.7 Å². The van der Waals surface area contributed by atoms with Crippen molar-refractivity contribution in [1.29, 1.82) is 0 Å². The maximum absolute atomic E-state index is 5.22. The first-order valence-corrected chi connectivity index (χ1v) is 17.5. The third-order valence-corrected chi connectivity index (χ3v) is 9.43. The highest BCUT2D eigenvalue weighted by atomic mass is 15.2. The first-order valence-electron chi connectivity index (χ1n) is 17.5. The maximum atomic E-state index is 5.22. The van der Waals surface area contributed by atoms with Crippen LogP contribution in [0.5, 0.6) is 0 Å². The van der Waals surface area contributed by atoms with Crippen LogP contribution in [0.3, 0.4) is 0 Å². The van der Waals surface area contributed by atoms with E-state index in [2.05, 4.69) is 106 Å². The molecule has 9 aromatic rings. The average molecular weight is 681 g/mol. The molecule has 0 aliphatic heterocycles. The second-order valence-corrected chi connectivity index (χ2v) is 12.9. The van der Waals surface area contributed by atoms with Crippen molar-refractivity contribution >= 4 is 33.1 Å². The standard InChI is InChI=1S/C42H36N10/c1-4-19-37-34(16-1)46-40(50(37)25-31-13-7-10-22-43-31)28-49(29-41-47-35-17-2-5-20-38(35)51(41)26-32-14-8-11-23-44-32)30-42-48-36-18-3-6-21-39(36)52(42)27-33-15-9-12-24-45-33/h1-24H,25-30H2. The molecule has 6 aromatic heterocycles. The van der Waals surface area contributed by atoms with Crippen molar-refractivity contribution in [2.75, 3.05) is 0 Å². The molecular formula is C42H36N10. The highest BCUT2D eigenvalue weighted by Crippen LogP contribution is 2.25. The quantitative estimate of drug-likeness (QED) is 0.134. The minimum absolute atomic E-state index is 0.557. The Hall–Kier alpha value is -6.52. The lowest BCUT2D eigenvalue weighted by molar-refractivity contribution is 0.222. The van der Waals surface area contributed by atoms with Crippen LogP contribution < -0.4 is 0 Å². The number of benzene rings is 3. The summed E-state index contributed by atoms with van der Waals surface area (Å²) in [4.78, 5) is 32.1. The van der Waals surface area contributed by atoms with Gasteiger partial charge in [-0.25, -0.2) is 15.0 Å². The van der Waals surface area contributed by atoms with E-state index in [0.29, 0.717) is 39.3 Å². The van der Waals surface area contributed by atoms with Crippen LogP contribution >= 0.6 is 0 Å². The molecule has 0 spiro atoms. The van der Waals surface area contributed by atoms with Crippen LogP contribution in [0.2, 0.25) is 0 Å². The van der Waals surface area contributed by atoms with Gasteiger partial charge in [-0.2, -0.15) is 0 Å². The summed E-state index contributed by atoms with van der Waals surface area (Å²) < 4.78 is 6.87. The van der Waals surface area contributed by atoms with Crippen LogP contribution in [-0.2, 0) is 39.3 Å². The van der Waals surface area contributed by atoms with Crippen molar-refractivity contribution < 1.29 is 0 Å². The fourth-order valence-corrected chi connectivity index (χ4v) is 7.00. The molecule has 0 unspecified atom stereocenters. The van der Waals surface area contributed by atoms with Crippen molar-refractivity contribution in [2.24, 2.45) is 0 Å². The Morgan fingerprint density at radius 3 is 0.981 bits per heavy atom. The van der Waals surface area contributed by atoms with Gasteiger partial charge in [-0.05, 0) is 72.8 Å². The van der Waals surface area contributed by atoms with E-state index in [1.54, 1.807) is 0 Å². The zero-order valence-corrected chi connectivity index (χ0v) is 28.6. The number of imidazole rings is 3. The number of rotatable bonds is 12. The number of fused-ring (bicyclic) bond motifs is 3. The number of hydrogen-bond acceptors (Lipinski definition) is 7. The van der Waals surface area contributed by atoms with E-state index in [4.69, 9.17) is 15.0 Å². The molecule has 3 aromatic carbocycles. The minimum atomic E-state index is 0.557. The molecule has 52 heavy (non-hydrogen) atoms. The predicted molar refractivity (Wildman–Crippen MR) is 202 cm³/mol.